The van der Waals surface area contributed by atoms with E-state index < -0.39 is 0 Å². The summed E-state index contributed by atoms with van der Waals surface area (Å²) in [6, 6.07) is 3.36. The van der Waals surface area contributed by atoms with Crippen molar-refractivity contribution < 1.29 is 14.4 Å². The van der Waals surface area contributed by atoms with Crippen molar-refractivity contribution in [2.45, 2.75) is 46.6 Å². The Morgan fingerprint density at radius 1 is 1.22 bits per heavy atom. The number of nitrogens with zero attached hydrogens (tertiary/aromatic N) is 2. The lowest BCUT2D eigenvalue weighted by molar-refractivity contribution is 0.0774. The molecule has 0 unspecified atom stereocenters. The Morgan fingerprint density at radius 2 is 1.91 bits per heavy atom. The van der Waals surface area contributed by atoms with E-state index in [2.05, 4.69) is 4.99 Å². The van der Waals surface area contributed by atoms with Gasteiger partial charge in [-0.1, -0.05) is 27.7 Å². The van der Waals surface area contributed by atoms with Gasteiger partial charge in [-0.3, -0.25) is 9.79 Å². The molecule has 2 aliphatic heterocycles. The molecular weight excluding hydrogens is 294 g/mol. The van der Waals surface area contributed by atoms with Crippen LogP contribution in [0.1, 0.15) is 50.9 Å². The Morgan fingerprint density at radius 3 is 2.52 bits per heavy atom. The van der Waals surface area contributed by atoms with E-state index in [0.717, 1.165) is 19.4 Å². The molecule has 0 spiro atoms. The standard InChI is InChI=1S/C13H15N3O3.2C2H6/c1-18-11-5-9-10(6-12(11)19-14)15-7-8-3-2-4-16(8)13(9)17;2*1-2/h5-8H,2-4,14H2,1H3;2*1-2H3/t8-;;/m0../s1. The van der Waals surface area contributed by atoms with Gasteiger partial charge in [-0.2, -0.15) is 5.90 Å². The summed E-state index contributed by atoms with van der Waals surface area (Å²) in [4.78, 5) is 23.5. The second-order valence-electron chi connectivity index (χ2n) is 4.62. The first-order valence-corrected chi connectivity index (χ1v) is 8.18. The third-order valence-corrected chi connectivity index (χ3v) is 3.59. The molecule has 0 aliphatic carbocycles. The fourth-order valence-corrected chi connectivity index (χ4v) is 2.60. The number of hydrogen-bond donors (Lipinski definition) is 1. The summed E-state index contributed by atoms with van der Waals surface area (Å²) < 4.78 is 5.18. The van der Waals surface area contributed by atoms with Gasteiger partial charge in [-0.25, -0.2) is 0 Å². The van der Waals surface area contributed by atoms with Crippen molar-refractivity contribution in [3.8, 4) is 11.5 Å². The predicted octanol–water partition coefficient (Wildman–Crippen LogP) is 3.32. The van der Waals surface area contributed by atoms with Crippen molar-refractivity contribution in [2.24, 2.45) is 10.9 Å². The molecule has 6 heteroatoms. The molecule has 1 aromatic carbocycles. The van der Waals surface area contributed by atoms with Crippen molar-refractivity contribution >= 4 is 17.8 Å². The molecule has 1 atom stereocenters. The van der Waals surface area contributed by atoms with E-state index in [1.54, 1.807) is 12.1 Å². The maximum atomic E-state index is 12.5. The van der Waals surface area contributed by atoms with Crippen LogP contribution in [0.2, 0.25) is 0 Å². The molecule has 2 N–H and O–H groups in total. The van der Waals surface area contributed by atoms with Crippen molar-refractivity contribution in [3.63, 3.8) is 0 Å². The summed E-state index contributed by atoms with van der Waals surface area (Å²) in [5.74, 6) is 5.98. The number of methoxy groups -OCH3 is 1. The number of carbonyl (C=O) groups is 1. The summed E-state index contributed by atoms with van der Waals surface area (Å²) >= 11 is 0. The number of benzene rings is 1. The molecule has 23 heavy (non-hydrogen) atoms. The van der Waals surface area contributed by atoms with Crippen LogP contribution in [-0.2, 0) is 0 Å². The van der Waals surface area contributed by atoms with Crippen LogP contribution >= 0.6 is 0 Å². The third-order valence-electron chi connectivity index (χ3n) is 3.59. The monoisotopic (exact) mass is 321 g/mol. The van der Waals surface area contributed by atoms with Crippen molar-refractivity contribution in [1.82, 2.24) is 4.90 Å². The number of carbonyl (C=O) groups excluding carboxylic acids is 1. The molecule has 6 nitrogen and oxygen atoms in total. The van der Waals surface area contributed by atoms with E-state index in [4.69, 9.17) is 15.5 Å². The lowest BCUT2D eigenvalue weighted by Gasteiger charge is -2.20. The lowest BCUT2D eigenvalue weighted by atomic mass is 10.1. The number of nitrogens with two attached hydrogens (primary N) is 1. The second kappa shape index (κ2) is 9.15. The average molecular weight is 321 g/mol. The molecule has 0 bridgehead atoms. The number of ether oxygens (including phenoxy) is 1. The Labute approximate surface area is 138 Å². The molecule has 0 aromatic heterocycles. The zero-order valence-electron chi connectivity index (χ0n) is 14.6. The molecule has 0 saturated carbocycles. The molecule has 3 rings (SSSR count). The van der Waals surface area contributed by atoms with Crippen molar-refractivity contribution in [1.29, 1.82) is 0 Å². The number of amides is 1. The van der Waals surface area contributed by atoms with Gasteiger partial charge >= 0.3 is 0 Å². The van der Waals surface area contributed by atoms with Gasteiger partial charge < -0.3 is 14.5 Å². The van der Waals surface area contributed by atoms with Crippen LogP contribution in [0.5, 0.6) is 11.5 Å². The van der Waals surface area contributed by atoms with E-state index in [1.807, 2.05) is 38.8 Å². The normalized spacial score (nSPS) is 17.7. The van der Waals surface area contributed by atoms with E-state index in [0.29, 0.717) is 22.7 Å². The largest absolute Gasteiger partial charge is 0.493 e. The summed E-state index contributed by atoms with van der Waals surface area (Å²) in [5, 5.41) is 0. The van der Waals surface area contributed by atoms with Crippen LogP contribution in [0.3, 0.4) is 0 Å². The molecule has 1 amide bonds. The molecule has 0 radical (unpaired) electrons. The highest BCUT2D eigenvalue weighted by Gasteiger charge is 2.32. The maximum absolute atomic E-state index is 12.5. The Balaban J connectivity index is 0.000000615. The highest BCUT2D eigenvalue weighted by molar-refractivity contribution is 6.03. The topological polar surface area (TPSA) is 77.2 Å². The molecule has 128 valence electrons. The highest BCUT2D eigenvalue weighted by atomic mass is 16.6. The minimum atomic E-state index is -0.0168. The van der Waals surface area contributed by atoms with Crippen molar-refractivity contribution in [3.05, 3.63) is 17.7 Å². The summed E-state index contributed by atoms with van der Waals surface area (Å²) in [5.41, 5.74) is 1.10. The van der Waals surface area contributed by atoms with Crippen LogP contribution in [0.15, 0.2) is 17.1 Å². The van der Waals surface area contributed by atoms with Crippen LogP contribution in [0, 0.1) is 0 Å². The average Bonchev–Trinajstić information content (AvgIpc) is 3.06. The number of aliphatic imine (C=N–C) groups is 1. The first-order chi connectivity index (χ1) is 11.2. The predicted molar refractivity (Wildman–Crippen MR) is 92.7 cm³/mol. The molecule has 2 heterocycles. The van der Waals surface area contributed by atoms with Gasteiger partial charge in [0.25, 0.3) is 5.91 Å². The SMILES string of the molecule is CC.CC.COc1cc2c(cc1ON)N=C[C@@H]1CCCN1C2=O. The van der Waals surface area contributed by atoms with Crippen LogP contribution in [-0.4, -0.2) is 36.7 Å². The van der Waals surface area contributed by atoms with Crippen LogP contribution in [0.25, 0.3) is 0 Å². The quantitative estimate of drug-likeness (QED) is 0.848. The summed E-state index contributed by atoms with van der Waals surface area (Å²) in [6.07, 6.45) is 3.79. The molecule has 1 fully saturated rings. The van der Waals surface area contributed by atoms with E-state index >= 15 is 0 Å². The van der Waals surface area contributed by atoms with Gasteiger partial charge in [0.15, 0.2) is 11.5 Å². The van der Waals surface area contributed by atoms with E-state index in [-0.39, 0.29) is 11.9 Å². The molecule has 1 saturated heterocycles. The molecule has 2 aliphatic rings. The van der Waals surface area contributed by atoms with Crippen molar-refractivity contribution in [2.75, 3.05) is 13.7 Å². The lowest BCUT2D eigenvalue weighted by Crippen LogP contribution is -2.35. The van der Waals surface area contributed by atoms with Crippen LogP contribution in [0.4, 0.5) is 5.69 Å². The van der Waals surface area contributed by atoms with Gasteiger partial charge in [-0.15, -0.1) is 0 Å². The zero-order valence-corrected chi connectivity index (χ0v) is 14.6. The fourth-order valence-electron chi connectivity index (χ4n) is 2.60. The Hall–Kier alpha value is -2.08. The van der Waals surface area contributed by atoms with Gasteiger partial charge in [0.2, 0.25) is 0 Å². The number of fused-ring (bicyclic) bond motifs is 2. The first kappa shape index (κ1) is 19.0. The second-order valence-corrected chi connectivity index (χ2v) is 4.62. The van der Waals surface area contributed by atoms with Gasteiger partial charge in [0, 0.05) is 18.8 Å². The number of rotatable bonds is 2. The van der Waals surface area contributed by atoms with Gasteiger partial charge in [0.1, 0.15) is 0 Å². The Kier molecular flexibility index (Phi) is 7.54. The van der Waals surface area contributed by atoms with E-state index in [9.17, 15) is 4.79 Å². The minimum absolute atomic E-state index is 0.0168. The molecular formula is C17H27N3O3. The Bertz CT molecular complexity index is 558. The maximum Gasteiger partial charge on any atom is 0.256 e. The summed E-state index contributed by atoms with van der Waals surface area (Å²) in [7, 11) is 1.51. The third kappa shape index (κ3) is 3.82. The van der Waals surface area contributed by atoms with Gasteiger partial charge in [0.05, 0.1) is 24.4 Å². The van der Waals surface area contributed by atoms with E-state index in [1.165, 1.54) is 7.11 Å². The fraction of sp³-hybridized carbons (Fsp3) is 0.529. The van der Waals surface area contributed by atoms with Gasteiger partial charge in [-0.05, 0) is 18.9 Å². The summed E-state index contributed by atoms with van der Waals surface area (Å²) in [6.45, 7) is 8.77. The highest BCUT2D eigenvalue weighted by Crippen LogP contribution is 2.37. The zero-order chi connectivity index (χ0) is 17.4. The first-order valence-electron chi connectivity index (χ1n) is 8.18. The number of hydrogen-bond acceptors (Lipinski definition) is 5. The minimum Gasteiger partial charge on any atom is -0.493 e. The smallest absolute Gasteiger partial charge is 0.256 e. The van der Waals surface area contributed by atoms with Crippen LogP contribution < -0.4 is 15.5 Å². The molecule has 1 aromatic rings.